The lowest BCUT2D eigenvalue weighted by atomic mass is 9.95. The molecule has 2 aliphatic rings. The lowest BCUT2D eigenvalue weighted by molar-refractivity contribution is 0.312. The lowest BCUT2D eigenvalue weighted by Crippen LogP contribution is -2.28. The summed E-state index contributed by atoms with van der Waals surface area (Å²) in [5.41, 5.74) is 0. The summed E-state index contributed by atoms with van der Waals surface area (Å²) in [5, 5.41) is 7.47. The van der Waals surface area contributed by atoms with E-state index in [-0.39, 0.29) is 0 Å². The normalized spacial score (nSPS) is 30.6. The molecule has 1 aromatic heterocycles. The van der Waals surface area contributed by atoms with Crippen LogP contribution in [0.4, 0.5) is 0 Å². The van der Waals surface area contributed by atoms with Gasteiger partial charge in [0, 0.05) is 12.3 Å². The fourth-order valence-corrected chi connectivity index (χ4v) is 2.52. The van der Waals surface area contributed by atoms with Crippen LogP contribution in [-0.4, -0.2) is 23.2 Å². The van der Waals surface area contributed by atoms with E-state index >= 15 is 0 Å². The van der Waals surface area contributed by atoms with Crippen molar-refractivity contribution in [3.8, 4) is 0 Å². The van der Waals surface area contributed by atoms with Crippen molar-refractivity contribution in [1.29, 1.82) is 0 Å². The molecule has 0 radical (unpaired) electrons. The molecule has 0 spiro atoms. The summed E-state index contributed by atoms with van der Waals surface area (Å²) in [6, 6.07) is 0. The second-order valence-corrected chi connectivity index (χ2v) is 5.26. The first kappa shape index (κ1) is 10.3. The van der Waals surface area contributed by atoms with Crippen LogP contribution >= 0.6 is 0 Å². The number of hydrogen-bond donors (Lipinski definition) is 1. The number of aromatic nitrogens is 2. The zero-order valence-electron chi connectivity index (χ0n) is 9.78. The Kier molecular flexibility index (Phi) is 2.67. The largest absolute Gasteiger partial charge is 0.339 e. The van der Waals surface area contributed by atoms with Gasteiger partial charge in [0.05, 0.1) is 0 Å². The Morgan fingerprint density at radius 3 is 2.81 bits per heavy atom. The Bertz CT molecular complexity index is 357. The van der Waals surface area contributed by atoms with E-state index < -0.39 is 0 Å². The molecule has 3 rings (SSSR count). The molecular formula is C12H19N3O. The number of piperidine rings is 1. The highest BCUT2D eigenvalue weighted by atomic mass is 16.5. The molecule has 2 atom stereocenters. The molecule has 1 aromatic rings. The van der Waals surface area contributed by atoms with Crippen LogP contribution in [0.25, 0.3) is 0 Å². The fourth-order valence-electron chi connectivity index (χ4n) is 2.52. The Labute approximate surface area is 95.8 Å². The number of hydrogen-bond acceptors (Lipinski definition) is 4. The van der Waals surface area contributed by atoms with Gasteiger partial charge in [-0.3, -0.25) is 0 Å². The van der Waals surface area contributed by atoms with Crippen LogP contribution in [0.5, 0.6) is 0 Å². The van der Waals surface area contributed by atoms with E-state index in [4.69, 9.17) is 4.52 Å². The van der Waals surface area contributed by atoms with Crippen molar-refractivity contribution in [2.24, 2.45) is 11.8 Å². The maximum absolute atomic E-state index is 5.34. The van der Waals surface area contributed by atoms with Gasteiger partial charge < -0.3 is 9.84 Å². The smallest absolute Gasteiger partial charge is 0.226 e. The van der Waals surface area contributed by atoms with E-state index in [2.05, 4.69) is 22.4 Å². The van der Waals surface area contributed by atoms with Crippen molar-refractivity contribution in [2.45, 2.75) is 38.5 Å². The second-order valence-electron chi connectivity index (χ2n) is 5.26. The molecule has 4 nitrogen and oxygen atoms in total. The third kappa shape index (κ3) is 2.12. The first-order valence-electron chi connectivity index (χ1n) is 6.36. The van der Waals surface area contributed by atoms with E-state index in [0.717, 1.165) is 43.1 Å². The van der Waals surface area contributed by atoms with E-state index in [9.17, 15) is 0 Å². The van der Waals surface area contributed by atoms with Crippen LogP contribution in [-0.2, 0) is 6.42 Å². The summed E-state index contributed by atoms with van der Waals surface area (Å²) >= 11 is 0. The summed E-state index contributed by atoms with van der Waals surface area (Å²) in [5.74, 6) is 3.85. The molecule has 4 heteroatoms. The predicted octanol–water partition coefficient (Wildman–Crippen LogP) is 1.74. The van der Waals surface area contributed by atoms with Crippen molar-refractivity contribution in [1.82, 2.24) is 15.5 Å². The third-order valence-corrected chi connectivity index (χ3v) is 3.85. The highest BCUT2D eigenvalue weighted by molar-refractivity contribution is 5.07. The van der Waals surface area contributed by atoms with Crippen molar-refractivity contribution in [3.05, 3.63) is 11.7 Å². The quantitative estimate of drug-likeness (QED) is 0.844. The third-order valence-electron chi connectivity index (χ3n) is 3.85. The number of rotatable bonds is 3. The highest BCUT2D eigenvalue weighted by Gasteiger charge is 2.38. The van der Waals surface area contributed by atoms with Crippen LogP contribution in [0, 0.1) is 11.8 Å². The minimum atomic E-state index is 0.575. The van der Waals surface area contributed by atoms with Crippen LogP contribution in [0.3, 0.4) is 0 Å². The maximum Gasteiger partial charge on any atom is 0.226 e. The molecule has 1 aliphatic carbocycles. The second kappa shape index (κ2) is 4.17. The minimum Gasteiger partial charge on any atom is -0.339 e. The Morgan fingerprint density at radius 2 is 2.12 bits per heavy atom. The zero-order valence-corrected chi connectivity index (χ0v) is 9.78. The van der Waals surface area contributed by atoms with Gasteiger partial charge in [-0.25, -0.2) is 0 Å². The van der Waals surface area contributed by atoms with E-state index in [1.54, 1.807) is 0 Å². The van der Waals surface area contributed by atoms with Gasteiger partial charge in [0.1, 0.15) is 0 Å². The molecular weight excluding hydrogens is 202 g/mol. The van der Waals surface area contributed by atoms with E-state index in [1.807, 2.05) is 0 Å². The monoisotopic (exact) mass is 221 g/mol. The summed E-state index contributed by atoms with van der Waals surface area (Å²) in [6.07, 6.45) is 4.66. The molecule has 0 amide bonds. The predicted molar refractivity (Wildman–Crippen MR) is 60.1 cm³/mol. The topological polar surface area (TPSA) is 51.0 Å². The molecule has 1 N–H and O–H groups in total. The molecule has 0 bridgehead atoms. The average molecular weight is 221 g/mol. The Hall–Kier alpha value is -0.900. The summed E-state index contributed by atoms with van der Waals surface area (Å²) in [4.78, 5) is 4.52. The van der Waals surface area contributed by atoms with E-state index in [0.29, 0.717) is 5.92 Å². The van der Waals surface area contributed by atoms with E-state index in [1.165, 1.54) is 19.3 Å². The fraction of sp³-hybridized carbons (Fsp3) is 0.833. The molecule has 1 aliphatic heterocycles. The van der Waals surface area contributed by atoms with Crippen molar-refractivity contribution in [3.63, 3.8) is 0 Å². The molecule has 16 heavy (non-hydrogen) atoms. The summed E-state index contributed by atoms with van der Waals surface area (Å²) < 4.78 is 5.34. The van der Waals surface area contributed by atoms with Crippen LogP contribution in [0.1, 0.15) is 43.8 Å². The van der Waals surface area contributed by atoms with Gasteiger partial charge in [-0.05, 0) is 44.2 Å². The van der Waals surface area contributed by atoms with Crippen molar-refractivity contribution < 1.29 is 4.52 Å². The van der Waals surface area contributed by atoms with Gasteiger partial charge in [-0.15, -0.1) is 0 Å². The number of nitrogens with one attached hydrogen (secondary N) is 1. The summed E-state index contributed by atoms with van der Waals surface area (Å²) in [7, 11) is 0. The highest BCUT2D eigenvalue weighted by Crippen LogP contribution is 2.45. The zero-order chi connectivity index (χ0) is 11.0. The molecule has 0 unspecified atom stereocenters. The number of nitrogens with zero attached hydrogens (tertiary/aromatic N) is 2. The van der Waals surface area contributed by atoms with Gasteiger partial charge >= 0.3 is 0 Å². The van der Waals surface area contributed by atoms with Crippen LogP contribution in [0.2, 0.25) is 0 Å². The Morgan fingerprint density at radius 1 is 1.38 bits per heavy atom. The van der Waals surface area contributed by atoms with Gasteiger partial charge in [0.15, 0.2) is 5.82 Å². The lowest BCUT2D eigenvalue weighted by Gasteiger charge is -2.20. The van der Waals surface area contributed by atoms with Gasteiger partial charge in [-0.1, -0.05) is 12.1 Å². The molecule has 0 aromatic carbocycles. The van der Waals surface area contributed by atoms with Crippen LogP contribution in [0.15, 0.2) is 4.52 Å². The molecule has 2 fully saturated rings. The standard InChI is InChI=1S/C12H19N3O/c1-8-6-10(8)12-14-11(16-15-12)7-9-2-4-13-5-3-9/h8-10,13H,2-7H2,1H3/t8-,10-/m0/s1. The molecule has 1 saturated heterocycles. The minimum absolute atomic E-state index is 0.575. The SMILES string of the molecule is C[C@H]1C[C@@H]1c1noc(CC2CCNCC2)n1. The van der Waals surface area contributed by atoms with Gasteiger partial charge in [0.25, 0.3) is 0 Å². The molecule has 1 saturated carbocycles. The van der Waals surface area contributed by atoms with Crippen molar-refractivity contribution >= 4 is 0 Å². The molecule has 2 heterocycles. The first-order chi connectivity index (χ1) is 7.83. The van der Waals surface area contributed by atoms with Gasteiger partial charge in [0.2, 0.25) is 5.89 Å². The average Bonchev–Trinajstić information content (AvgIpc) is 2.86. The Balaban J connectivity index is 1.59. The maximum atomic E-state index is 5.34. The van der Waals surface area contributed by atoms with Gasteiger partial charge in [-0.2, -0.15) is 4.98 Å². The van der Waals surface area contributed by atoms with Crippen molar-refractivity contribution in [2.75, 3.05) is 13.1 Å². The molecule has 88 valence electrons. The van der Waals surface area contributed by atoms with Crippen LogP contribution < -0.4 is 5.32 Å². The summed E-state index contributed by atoms with van der Waals surface area (Å²) in [6.45, 7) is 4.50. The first-order valence-corrected chi connectivity index (χ1v) is 6.36.